The zero-order valence-corrected chi connectivity index (χ0v) is 18.1. The molecule has 0 atom stereocenters. The number of hydrogen-bond acceptors (Lipinski definition) is 4. The Labute approximate surface area is 177 Å². The van der Waals surface area contributed by atoms with Crippen molar-refractivity contribution in [1.82, 2.24) is 0 Å². The normalized spacial score (nSPS) is 14.1. The van der Waals surface area contributed by atoms with E-state index in [0.717, 1.165) is 41.5 Å². The van der Waals surface area contributed by atoms with Gasteiger partial charge in [0.15, 0.2) is 11.5 Å². The van der Waals surface area contributed by atoms with Gasteiger partial charge in [0.05, 0.1) is 29.4 Å². The van der Waals surface area contributed by atoms with Crippen molar-refractivity contribution < 1.29 is 9.47 Å². The van der Waals surface area contributed by atoms with Crippen LogP contribution in [0.1, 0.15) is 38.2 Å². The minimum Gasteiger partial charge on any atom is -0.493 e. The van der Waals surface area contributed by atoms with E-state index in [9.17, 15) is 0 Å². The van der Waals surface area contributed by atoms with Crippen LogP contribution in [0.5, 0.6) is 11.5 Å². The van der Waals surface area contributed by atoms with Gasteiger partial charge in [-0.2, -0.15) is 0 Å². The maximum atomic E-state index is 6.55. The van der Waals surface area contributed by atoms with E-state index in [2.05, 4.69) is 29.3 Å². The molecule has 0 bridgehead atoms. The van der Waals surface area contributed by atoms with Crippen molar-refractivity contribution in [3.05, 3.63) is 45.9 Å². The maximum Gasteiger partial charge on any atom is 0.179 e. The summed E-state index contributed by atoms with van der Waals surface area (Å²) in [5, 5.41) is 4.76. The average molecular weight is 423 g/mol. The minimum absolute atomic E-state index is 0.558. The van der Waals surface area contributed by atoms with Gasteiger partial charge in [-0.1, -0.05) is 30.1 Å². The molecule has 3 rings (SSSR count). The van der Waals surface area contributed by atoms with E-state index in [1.54, 1.807) is 7.11 Å². The Morgan fingerprint density at radius 1 is 1.04 bits per heavy atom. The molecule has 28 heavy (non-hydrogen) atoms. The van der Waals surface area contributed by atoms with Crippen LogP contribution in [0, 0.1) is 0 Å². The van der Waals surface area contributed by atoms with Gasteiger partial charge in [0.1, 0.15) is 0 Å². The van der Waals surface area contributed by atoms with Crippen molar-refractivity contribution in [1.29, 1.82) is 0 Å². The van der Waals surface area contributed by atoms with Gasteiger partial charge in [-0.15, -0.1) is 0 Å². The SMILES string of the molecule is CCCOc1c(Cl)cc(CNc2ccc(N3CCCCC3)c(Cl)c2)cc1OC. The molecule has 0 saturated carbocycles. The first-order chi connectivity index (χ1) is 13.6. The smallest absolute Gasteiger partial charge is 0.179 e. The van der Waals surface area contributed by atoms with Crippen LogP contribution < -0.4 is 19.7 Å². The highest BCUT2D eigenvalue weighted by Gasteiger charge is 2.15. The number of rotatable bonds is 8. The van der Waals surface area contributed by atoms with Gasteiger partial charge < -0.3 is 19.7 Å². The largest absolute Gasteiger partial charge is 0.493 e. The number of benzene rings is 2. The molecule has 0 radical (unpaired) electrons. The quantitative estimate of drug-likeness (QED) is 0.533. The van der Waals surface area contributed by atoms with Crippen molar-refractivity contribution >= 4 is 34.6 Å². The van der Waals surface area contributed by atoms with Crippen molar-refractivity contribution in [3.8, 4) is 11.5 Å². The molecule has 0 aromatic heterocycles. The lowest BCUT2D eigenvalue weighted by atomic mass is 10.1. The van der Waals surface area contributed by atoms with Gasteiger partial charge in [0.2, 0.25) is 0 Å². The number of hydrogen-bond donors (Lipinski definition) is 1. The third-order valence-corrected chi connectivity index (χ3v) is 5.46. The van der Waals surface area contributed by atoms with Crippen molar-refractivity contribution in [2.45, 2.75) is 39.2 Å². The van der Waals surface area contributed by atoms with Gasteiger partial charge in [0, 0.05) is 25.3 Å². The number of ether oxygens (including phenoxy) is 2. The number of piperidine rings is 1. The van der Waals surface area contributed by atoms with E-state index in [4.69, 9.17) is 32.7 Å². The summed E-state index contributed by atoms with van der Waals surface area (Å²) in [6.45, 7) is 5.44. The Morgan fingerprint density at radius 2 is 1.82 bits per heavy atom. The van der Waals surface area contributed by atoms with Crippen LogP contribution in [-0.2, 0) is 6.54 Å². The second kappa shape index (κ2) is 10.1. The summed E-state index contributed by atoms with van der Waals surface area (Å²) in [5.41, 5.74) is 3.11. The molecule has 1 aliphatic heterocycles. The van der Waals surface area contributed by atoms with Crippen LogP contribution in [0.25, 0.3) is 0 Å². The zero-order chi connectivity index (χ0) is 19.9. The van der Waals surface area contributed by atoms with Gasteiger partial charge in [-0.25, -0.2) is 0 Å². The molecule has 1 saturated heterocycles. The van der Waals surface area contributed by atoms with E-state index in [1.807, 2.05) is 18.2 Å². The van der Waals surface area contributed by atoms with Crippen molar-refractivity contribution in [2.24, 2.45) is 0 Å². The fourth-order valence-corrected chi connectivity index (χ4v) is 4.02. The summed E-state index contributed by atoms with van der Waals surface area (Å²) >= 11 is 13.0. The second-order valence-corrected chi connectivity index (χ2v) is 7.84. The monoisotopic (exact) mass is 422 g/mol. The molecule has 0 amide bonds. The Morgan fingerprint density at radius 3 is 2.50 bits per heavy atom. The molecule has 1 aliphatic rings. The highest BCUT2D eigenvalue weighted by molar-refractivity contribution is 6.33. The first-order valence-electron chi connectivity index (χ1n) is 9.90. The summed E-state index contributed by atoms with van der Waals surface area (Å²) in [5.74, 6) is 1.25. The Hall–Kier alpha value is -1.78. The standard InChI is InChI=1S/C22H28Cl2N2O2/c1-3-11-28-22-19(24)12-16(13-21(22)27-2)15-25-17-7-8-20(18(23)14-17)26-9-5-4-6-10-26/h7-8,12-14,25H,3-6,9-11,15H2,1-2H3. The first-order valence-corrected chi connectivity index (χ1v) is 10.7. The zero-order valence-electron chi connectivity index (χ0n) is 16.6. The summed E-state index contributed by atoms with van der Waals surface area (Å²) < 4.78 is 11.2. The van der Waals surface area contributed by atoms with Gasteiger partial charge >= 0.3 is 0 Å². The molecule has 0 spiro atoms. The van der Waals surface area contributed by atoms with Crippen LogP contribution in [-0.4, -0.2) is 26.8 Å². The van der Waals surface area contributed by atoms with Gasteiger partial charge in [-0.3, -0.25) is 0 Å². The number of anilines is 2. The predicted molar refractivity (Wildman–Crippen MR) is 119 cm³/mol. The molecule has 152 valence electrons. The van der Waals surface area contributed by atoms with Crippen LogP contribution in [0.4, 0.5) is 11.4 Å². The molecule has 6 heteroatoms. The predicted octanol–water partition coefficient (Wildman–Crippen LogP) is 6.39. The molecule has 1 fully saturated rings. The van der Waals surface area contributed by atoms with E-state index < -0.39 is 0 Å². The van der Waals surface area contributed by atoms with Gasteiger partial charge in [-0.05, 0) is 61.6 Å². The number of halogens is 2. The lowest BCUT2D eigenvalue weighted by molar-refractivity contribution is 0.294. The summed E-state index contributed by atoms with van der Waals surface area (Å²) in [6.07, 6.45) is 4.69. The lowest BCUT2D eigenvalue weighted by Crippen LogP contribution is -2.29. The fourth-order valence-electron chi connectivity index (χ4n) is 3.43. The lowest BCUT2D eigenvalue weighted by Gasteiger charge is -2.29. The molecule has 0 aliphatic carbocycles. The fraction of sp³-hybridized carbons (Fsp3) is 0.455. The number of nitrogens with zero attached hydrogens (tertiary/aromatic N) is 1. The molecule has 1 heterocycles. The molecule has 4 nitrogen and oxygen atoms in total. The molecule has 1 N–H and O–H groups in total. The number of nitrogens with one attached hydrogen (secondary N) is 1. The van der Waals surface area contributed by atoms with E-state index in [-0.39, 0.29) is 0 Å². The summed E-state index contributed by atoms with van der Waals surface area (Å²) in [4.78, 5) is 2.37. The molecule has 2 aromatic rings. The Kier molecular flexibility index (Phi) is 7.57. The highest BCUT2D eigenvalue weighted by Crippen LogP contribution is 2.37. The van der Waals surface area contributed by atoms with Crippen molar-refractivity contribution in [2.75, 3.05) is 37.0 Å². The highest BCUT2D eigenvalue weighted by atomic mass is 35.5. The topological polar surface area (TPSA) is 33.7 Å². The van der Waals surface area contributed by atoms with E-state index >= 15 is 0 Å². The van der Waals surface area contributed by atoms with E-state index in [0.29, 0.717) is 29.7 Å². The third-order valence-electron chi connectivity index (χ3n) is 4.88. The first kappa shape index (κ1) is 20.9. The van der Waals surface area contributed by atoms with Gasteiger partial charge in [0.25, 0.3) is 0 Å². The number of methoxy groups -OCH3 is 1. The second-order valence-electron chi connectivity index (χ2n) is 7.02. The maximum absolute atomic E-state index is 6.55. The third kappa shape index (κ3) is 5.18. The summed E-state index contributed by atoms with van der Waals surface area (Å²) in [7, 11) is 1.63. The molecular weight excluding hydrogens is 395 g/mol. The molecule has 0 unspecified atom stereocenters. The van der Waals surface area contributed by atoms with Crippen LogP contribution in [0.2, 0.25) is 10.0 Å². The van der Waals surface area contributed by atoms with Crippen LogP contribution in [0.3, 0.4) is 0 Å². The average Bonchev–Trinajstić information content (AvgIpc) is 2.71. The van der Waals surface area contributed by atoms with E-state index in [1.165, 1.54) is 19.3 Å². The molecular formula is C22H28Cl2N2O2. The summed E-state index contributed by atoms with van der Waals surface area (Å²) in [6, 6.07) is 10.0. The van der Waals surface area contributed by atoms with Crippen molar-refractivity contribution in [3.63, 3.8) is 0 Å². The Balaban J connectivity index is 1.68. The Bertz CT molecular complexity index is 792. The minimum atomic E-state index is 0.558. The van der Waals surface area contributed by atoms with Crippen LogP contribution in [0.15, 0.2) is 30.3 Å². The molecule has 2 aromatic carbocycles. The van der Waals surface area contributed by atoms with Crippen LogP contribution >= 0.6 is 23.2 Å².